The van der Waals surface area contributed by atoms with E-state index in [4.69, 9.17) is 11.6 Å². The fraction of sp³-hybridized carbons (Fsp3) is 0.111. The van der Waals surface area contributed by atoms with Crippen molar-refractivity contribution in [3.05, 3.63) is 39.2 Å². The van der Waals surface area contributed by atoms with Crippen LogP contribution in [0.25, 0.3) is 0 Å². The van der Waals surface area contributed by atoms with E-state index >= 15 is 0 Å². The Hall–Kier alpha value is -2.20. The van der Waals surface area contributed by atoms with E-state index in [0.717, 1.165) is 18.5 Å². The fourth-order valence-electron chi connectivity index (χ4n) is 1.43. The van der Waals surface area contributed by atoms with Crippen molar-refractivity contribution in [2.24, 2.45) is 0 Å². The van der Waals surface area contributed by atoms with Gasteiger partial charge in [-0.15, -0.1) is 0 Å². The molecule has 2 N–H and O–H groups in total. The summed E-state index contributed by atoms with van der Waals surface area (Å²) in [6.07, 6.45) is 1.11. The van der Waals surface area contributed by atoms with Gasteiger partial charge in [-0.25, -0.2) is 18.2 Å². The highest BCUT2D eigenvalue weighted by Gasteiger charge is 2.23. The standard InChI is InChI=1S/C9H8ClN5O4S/c1-5-7(10)2-6(3-8(5)15(16)17)20(18,19)14-9-11-4-12-13-9/h2-4H,1H3,(H2,11,12,13,14). The maximum absolute atomic E-state index is 12.1. The quantitative estimate of drug-likeness (QED) is 0.648. The molecule has 1 heterocycles. The molecule has 0 atom stereocenters. The van der Waals surface area contributed by atoms with Gasteiger partial charge in [0.2, 0.25) is 5.95 Å². The molecular formula is C9H8ClN5O4S. The Balaban J connectivity index is 2.49. The molecule has 0 bridgehead atoms. The highest BCUT2D eigenvalue weighted by molar-refractivity contribution is 7.92. The van der Waals surface area contributed by atoms with Gasteiger partial charge in [-0.3, -0.25) is 10.1 Å². The molecule has 106 valence electrons. The molecule has 0 spiro atoms. The number of aromatic amines is 1. The first-order valence-corrected chi connectivity index (χ1v) is 7.00. The molecule has 0 aliphatic carbocycles. The molecule has 20 heavy (non-hydrogen) atoms. The maximum atomic E-state index is 12.1. The topological polar surface area (TPSA) is 131 Å². The first kappa shape index (κ1) is 14.2. The predicted octanol–water partition coefficient (Wildman–Crippen LogP) is 1.48. The van der Waals surface area contributed by atoms with Crippen molar-refractivity contribution in [2.45, 2.75) is 11.8 Å². The molecule has 1 aromatic carbocycles. The van der Waals surface area contributed by atoms with E-state index in [-0.39, 0.29) is 27.1 Å². The lowest BCUT2D eigenvalue weighted by Crippen LogP contribution is -2.14. The van der Waals surface area contributed by atoms with E-state index < -0.39 is 14.9 Å². The van der Waals surface area contributed by atoms with E-state index in [1.807, 2.05) is 0 Å². The van der Waals surface area contributed by atoms with E-state index in [9.17, 15) is 18.5 Å². The van der Waals surface area contributed by atoms with Crippen LogP contribution in [0.2, 0.25) is 5.02 Å². The average Bonchev–Trinajstić information content (AvgIpc) is 2.83. The lowest BCUT2D eigenvalue weighted by Gasteiger charge is -2.07. The molecule has 0 radical (unpaired) electrons. The van der Waals surface area contributed by atoms with Crippen LogP contribution in [-0.2, 0) is 10.0 Å². The molecule has 0 unspecified atom stereocenters. The van der Waals surface area contributed by atoms with Gasteiger partial charge in [-0.2, -0.15) is 10.1 Å². The second-order valence-corrected chi connectivity index (χ2v) is 5.84. The summed E-state index contributed by atoms with van der Waals surface area (Å²) in [6, 6.07) is 2.06. The van der Waals surface area contributed by atoms with Crippen LogP contribution in [0.4, 0.5) is 11.6 Å². The zero-order valence-electron chi connectivity index (χ0n) is 9.99. The number of nitrogens with one attached hydrogen (secondary N) is 2. The third-order valence-corrected chi connectivity index (χ3v) is 4.15. The smallest absolute Gasteiger partial charge is 0.258 e. The summed E-state index contributed by atoms with van der Waals surface area (Å²) < 4.78 is 26.2. The van der Waals surface area contributed by atoms with Crippen molar-refractivity contribution in [1.29, 1.82) is 0 Å². The van der Waals surface area contributed by atoms with Crippen LogP contribution in [0.1, 0.15) is 5.56 Å². The van der Waals surface area contributed by atoms with Gasteiger partial charge < -0.3 is 0 Å². The van der Waals surface area contributed by atoms with Crippen LogP contribution >= 0.6 is 11.6 Å². The summed E-state index contributed by atoms with van der Waals surface area (Å²) in [5.74, 6) is -0.107. The minimum absolute atomic E-state index is 0.0165. The number of aromatic nitrogens is 3. The van der Waals surface area contributed by atoms with Gasteiger partial charge in [-0.05, 0) is 13.0 Å². The van der Waals surface area contributed by atoms with Gasteiger partial charge in [0.15, 0.2) is 0 Å². The number of nitrogens with zero attached hydrogens (tertiary/aromatic N) is 3. The van der Waals surface area contributed by atoms with Crippen LogP contribution < -0.4 is 4.72 Å². The number of hydrogen-bond acceptors (Lipinski definition) is 6. The van der Waals surface area contributed by atoms with Crippen LogP contribution in [0.3, 0.4) is 0 Å². The summed E-state index contributed by atoms with van der Waals surface area (Å²) in [5, 5.41) is 16.6. The number of halogens is 1. The lowest BCUT2D eigenvalue weighted by atomic mass is 10.2. The van der Waals surface area contributed by atoms with E-state index in [1.165, 1.54) is 6.92 Å². The summed E-state index contributed by atoms with van der Waals surface area (Å²) in [5.41, 5.74) is -0.189. The van der Waals surface area contributed by atoms with Gasteiger partial charge in [0.1, 0.15) is 6.33 Å². The number of rotatable bonds is 4. The SMILES string of the molecule is Cc1c(Cl)cc(S(=O)(=O)Nc2ncn[nH]2)cc1[N+](=O)[O-]. The normalized spacial score (nSPS) is 11.3. The number of sulfonamides is 1. The molecule has 0 amide bonds. The molecule has 2 aromatic rings. The Kier molecular flexibility index (Phi) is 3.59. The first-order chi connectivity index (χ1) is 9.31. The number of H-pyrrole nitrogens is 1. The second-order valence-electron chi connectivity index (χ2n) is 3.75. The first-order valence-electron chi connectivity index (χ1n) is 5.14. The summed E-state index contributed by atoms with van der Waals surface area (Å²) in [4.78, 5) is 13.4. The highest BCUT2D eigenvalue weighted by Crippen LogP contribution is 2.29. The number of nitro groups is 1. The Labute approximate surface area is 118 Å². The number of nitro benzene ring substituents is 1. The molecule has 0 aliphatic heterocycles. The molecule has 2 rings (SSSR count). The summed E-state index contributed by atoms with van der Waals surface area (Å²) in [7, 11) is -4.05. The average molecular weight is 318 g/mol. The highest BCUT2D eigenvalue weighted by atomic mass is 35.5. The molecule has 0 fully saturated rings. The van der Waals surface area contributed by atoms with Crippen molar-refractivity contribution in [3.8, 4) is 0 Å². The molecule has 0 aliphatic rings. The monoisotopic (exact) mass is 317 g/mol. The Morgan fingerprint density at radius 3 is 2.70 bits per heavy atom. The van der Waals surface area contributed by atoms with E-state index in [1.54, 1.807) is 0 Å². The third-order valence-electron chi connectivity index (χ3n) is 2.44. The van der Waals surface area contributed by atoms with Gasteiger partial charge in [0, 0.05) is 11.6 Å². The zero-order chi connectivity index (χ0) is 14.9. The molecule has 11 heteroatoms. The number of hydrogen-bond donors (Lipinski definition) is 2. The predicted molar refractivity (Wildman–Crippen MR) is 70.0 cm³/mol. The number of benzene rings is 1. The lowest BCUT2D eigenvalue weighted by molar-refractivity contribution is -0.385. The van der Waals surface area contributed by atoms with Gasteiger partial charge in [0.05, 0.1) is 14.8 Å². The molecule has 1 aromatic heterocycles. The van der Waals surface area contributed by atoms with Crippen LogP contribution in [0, 0.1) is 17.0 Å². The fourth-order valence-corrected chi connectivity index (χ4v) is 2.72. The molecule has 9 nitrogen and oxygen atoms in total. The summed E-state index contributed by atoms with van der Waals surface area (Å²) >= 11 is 5.82. The number of anilines is 1. The third kappa shape index (κ3) is 2.70. The van der Waals surface area contributed by atoms with Gasteiger partial charge in [0.25, 0.3) is 15.7 Å². The van der Waals surface area contributed by atoms with Crippen molar-refractivity contribution in [2.75, 3.05) is 4.72 Å². The van der Waals surface area contributed by atoms with Crippen LogP contribution in [0.5, 0.6) is 0 Å². The minimum Gasteiger partial charge on any atom is -0.258 e. The Morgan fingerprint density at radius 2 is 2.15 bits per heavy atom. The Morgan fingerprint density at radius 1 is 1.45 bits per heavy atom. The summed E-state index contributed by atoms with van der Waals surface area (Å²) in [6.45, 7) is 1.43. The van der Waals surface area contributed by atoms with Crippen LogP contribution in [0.15, 0.2) is 23.4 Å². The van der Waals surface area contributed by atoms with Crippen molar-refractivity contribution in [1.82, 2.24) is 15.2 Å². The molecular weight excluding hydrogens is 310 g/mol. The van der Waals surface area contributed by atoms with Crippen molar-refractivity contribution < 1.29 is 13.3 Å². The van der Waals surface area contributed by atoms with Gasteiger partial charge in [-0.1, -0.05) is 11.6 Å². The van der Waals surface area contributed by atoms with Crippen molar-refractivity contribution in [3.63, 3.8) is 0 Å². The molecule has 0 saturated carbocycles. The van der Waals surface area contributed by atoms with Crippen LogP contribution in [-0.4, -0.2) is 28.5 Å². The van der Waals surface area contributed by atoms with Crippen molar-refractivity contribution >= 4 is 33.3 Å². The van der Waals surface area contributed by atoms with E-state index in [2.05, 4.69) is 19.9 Å². The van der Waals surface area contributed by atoms with E-state index in [0.29, 0.717) is 0 Å². The second kappa shape index (κ2) is 5.06. The maximum Gasteiger partial charge on any atom is 0.275 e. The largest absolute Gasteiger partial charge is 0.275 e. The molecule has 0 saturated heterocycles. The van der Waals surface area contributed by atoms with Gasteiger partial charge >= 0.3 is 0 Å². The Bertz CT molecular complexity index is 759. The zero-order valence-corrected chi connectivity index (χ0v) is 11.6. The minimum atomic E-state index is -4.05.